The minimum atomic E-state index is -0.570. The average Bonchev–Trinajstić information content (AvgIpc) is 2.89. The molecule has 1 amide bonds. The number of ether oxygens (including phenoxy) is 2. The molecule has 0 aliphatic rings. The summed E-state index contributed by atoms with van der Waals surface area (Å²) < 4.78 is 11.6. The molecule has 0 fully saturated rings. The Balaban J connectivity index is 2.17. The summed E-state index contributed by atoms with van der Waals surface area (Å²) in [6, 6.07) is 3.59. The van der Waals surface area contributed by atoms with Crippen LogP contribution in [0.15, 0.2) is 16.6 Å². The topological polar surface area (TPSA) is 143 Å². The van der Waals surface area contributed by atoms with Crippen LogP contribution in [0.1, 0.15) is 12.5 Å². The van der Waals surface area contributed by atoms with Crippen molar-refractivity contribution >= 4 is 27.8 Å². The van der Waals surface area contributed by atoms with Gasteiger partial charge >= 0.3 is 0 Å². The Hall–Kier alpha value is -2.56. The van der Waals surface area contributed by atoms with Crippen LogP contribution in [0, 0.1) is 0 Å². The molecule has 0 bridgehead atoms. The molecule has 11 heteroatoms. The van der Waals surface area contributed by atoms with Crippen molar-refractivity contribution in [3.63, 3.8) is 0 Å². The lowest BCUT2D eigenvalue weighted by Gasteiger charge is -2.15. The quantitative estimate of drug-likeness (QED) is 0.576. The Bertz CT molecular complexity index is 691. The van der Waals surface area contributed by atoms with Crippen molar-refractivity contribution in [3.8, 4) is 11.5 Å². The molecule has 2 aromatic rings. The van der Waals surface area contributed by atoms with Crippen LogP contribution in [0.5, 0.6) is 11.5 Å². The first-order valence-corrected chi connectivity index (χ1v) is 7.44. The molecule has 124 valence electrons. The number of hydrogen-bond acceptors (Lipinski definition) is 8. The number of benzene rings is 1. The fourth-order valence-corrected chi connectivity index (χ4v) is 2.35. The molecule has 5 N–H and O–H groups in total. The van der Waals surface area contributed by atoms with E-state index in [-0.39, 0.29) is 12.6 Å². The Morgan fingerprint density at radius 1 is 1.43 bits per heavy atom. The summed E-state index contributed by atoms with van der Waals surface area (Å²) in [5, 5.41) is 10.7. The molecule has 0 saturated heterocycles. The van der Waals surface area contributed by atoms with E-state index in [9.17, 15) is 4.79 Å². The maximum Gasteiger partial charge on any atom is 0.260 e. The summed E-state index contributed by atoms with van der Waals surface area (Å²) in [6.45, 7) is 2.44. The number of carbonyl (C=O) groups excluding carboxylic acids is 1. The van der Waals surface area contributed by atoms with Gasteiger partial charge in [-0.15, -0.1) is 4.79 Å². The molecular formula is C12H16BrN7O3. The molecule has 0 radical (unpaired) electrons. The summed E-state index contributed by atoms with van der Waals surface area (Å²) >= 11 is 3.39. The van der Waals surface area contributed by atoms with Gasteiger partial charge in [-0.2, -0.15) is 0 Å². The molecule has 10 nitrogen and oxygen atoms in total. The third-order valence-electron chi connectivity index (χ3n) is 2.65. The number of halogens is 1. The van der Waals surface area contributed by atoms with Crippen molar-refractivity contribution in [1.82, 2.24) is 20.3 Å². The SMILES string of the molecule is CCOc1cc(CNn2nnnc2N)cc(Br)c1OCC(N)=O. The molecule has 2 rings (SSSR count). The fourth-order valence-electron chi connectivity index (χ4n) is 1.74. The highest BCUT2D eigenvalue weighted by Gasteiger charge is 2.13. The number of aromatic nitrogens is 4. The van der Waals surface area contributed by atoms with Crippen molar-refractivity contribution in [2.75, 3.05) is 24.4 Å². The molecule has 0 aliphatic heterocycles. The number of rotatable bonds is 8. The number of nitrogens with zero attached hydrogens (tertiary/aromatic N) is 4. The van der Waals surface area contributed by atoms with Gasteiger partial charge in [0.05, 0.1) is 17.6 Å². The summed E-state index contributed by atoms with van der Waals surface area (Å²) in [4.78, 5) is 12.1. The predicted octanol–water partition coefficient (Wildman–Crippen LogP) is 0.0243. The number of nitrogen functional groups attached to an aromatic ring is 1. The number of carbonyl (C=O) groups is 1. The van der Waals surface area contributed by atoms with Gasteiger partial charge in [-0.3, -0.25) is 4.79 Å². The van der Waals surface area contributed by atoms with E-state index >= 15 is 0 Å². The monoisotopic (exact) mass is 385 g/mol. The van der Waals surface area contributed by atoms with Gasteiger partial charge in [-0.25, -0.2) is 0 Å². The van der Waals surface area contributed by atoms with Crippen LogP contribution in [0.3, 0.4) is 0 Å². The zero-order valence-corrected chi connectivity index (χ0v) is 13.9. The van der Waals surface area contributed by atoms with Crippen LogP contribution in [0.4, 0.5) is 5.95 Å². The normalized spacial score (nSPS) is 10.3. The fraction of sp³-hybridized carbons (Fsp3) is 0.333. The van der Waals surface area contributed by atoms with E-state index in [1.165, 1.54) is 4.79 Å². The van der Waals surface area contributed by atoms with E-state index in [1.807, 2.05) is 13.0 Å². The maximum atomic E-state index is 10.9. The lowest BCUT2D eigenvalue weighted by Crippen LogP contribution is -2.21. The number of nitrogens with one attached hydrogen (secondary N) is 1. The van der Waals surface area contributed by atoms with Crippen LogP contribution < -0.4 is 26.4 Å². The Labute approximate surface area is 140 Å². The van der Waals surface area contributed by atoms with Crippen LogP contribution in [-0.4, -0.2) is 39.4 Å². The minimum absolute atomic E-state index is 0.149. The number of anilines is 1. The first-order valence-electron chi connectivity index (χ1n) is 6.65. The zero-order chi connectivity index (χ0) is 16.8. The second-order valence-corrected chi connectivity index (χ2v) is 5.23. The van der Waals surface area contributed by atoms with Gasteiger partial charge in [0, 0.05) is 0 Å². The molecule has 0 saturated carbocycles. The van der Waals surface area contributed by atoms with Gasteiger partial charge in [0.2, 0.25) is 0 Å². The molecule has 1 aromatic carbocycles. The van der Waals surface area contributed by atoms with Crippen molar-refractivity contribution in [2.24, 2.45) is 5.73 Å². The van der Waals surface area contributed by atoms with Crippen molar-refractivity contribution in [2.45, 2.75) is 13.5 Å². The van der Waals surface area contributed by atoms with Gasteiger partial charge < -0.3 is 26.4 Å². The summed E-state index contributed by atoms with van der Waals surface area (Å²) in [6.07, 6.45) is 0. The van der Waals surface area contributed by atoms with Gasteiger partial charge in [0.15, 0.2) is 18.1 Å². The molecule has 23 heavy (non-hydrogen) atoms. The minimum Gasteiger partial charge on any atom is -0.490 e. The molecular weight excluding hydrogens is 370 g/mol. The van der Waals surface area contributed by atoms with Gasteiger partial charge in [0.25, 0.3) is 11.9 Å². The largest absolute Gasteiger partial charge is 0.490 e. The predicted molar refractivity (Wildman–Crippen MR) is 85.3 cm³/mol. The molecule has 0 spiro atoms. The zero-order valence-electron chi connectivity index (χ0n) is 12.3. The van der Waals surface area contributed by atoms with Crippen molar-refractivity contribution < 1.29 is 14.3 Å². The Morgan fingerprint density at radius 2 is 2.22 bits per heavy atom. The van der Waals surface area contributed by atoms with Crippen molar-refractivity contribution in [1.29, 1.82) is 0 Å². The molecule has 0 atom stereocenters. The summed E-state index contributed by atoms with van der Waals surface area (Å²) in [5.41, 5.74) is 14.5. The van der Waals surface area contributed by atoms with Crippen LogP contribution in [-0.2, 0) is 11.3 Å². The number of amides is 1. The van der Waals surface area contributed by atoms with E-state index in [1.54, 1.807) is 6.07 Å². The van der Waals surface area contributed by atoms with Gasteiger partial charge in [-0.05, 0) is 51.0 Å². The second-order valence-electron chi connectivity index (χ2n) is 4.38. The van der Waals surface area contributed by atoms with Crippen molar-refractivity contribution in [3.05, 3.63) is 22.2 Å². The van der Waals surface area contributed by atoms with E-state index in [0.717, 1.165) is 5.56 Å². The number of tetrazole rings is 1. The number of nitrogens with two attached hydrogens (primary N) is 2. The van der Waals surface area contributed by atoms with Gasteiger partial charge in [-0.1, -0.05) is 5.10 Å². The molecule has 1 heterocycles. The molecule has 0 unspecified atom stereocenters. The smallest absolute Gasteiger partial charge is 0.260 e. The third kappa shape index (κ3) is 4.45. The van der Waals surface area contributed by atoms with Crippen LogP contribution in [0.2, 0.25) is 0 Å². The number of hydrogen-bond donors (Lipinski definition) is 3. The lowest BCUT2D eigenvalue weighted by molar-refractivity contribution is -0.119. The van der Waals surface area contributed by atoms with Crippen LogP contribution in [0.25, 0.3) is 0 Å². The van der Waals surface area contributed by atoms with E-state index < -0.39 is 5.91 Å². The molecule has 1 aromatic heterocycles. The third-order valence-corrected chi connectivity index (χ3v) is 3.24. The second kappa shape index (κ2) is 7.63. The average molecular weight is 386 g/mol. The standard InChI is InChI=1S/C12H16BrN7O3/c1-2-22-9-4-7(5-16-20-12(15)17-18-19-20)3-8(13)11(9)23-6-10(14)21/h3-4,16H,2,5-6H2,1H3,(H2,14,21)(H2,15,17,19). The Morgan fingerprint density at radius 3 is 2.83 bits per heavy atom. The number of primary amides is 1. The van der Waals surface area contributed by atoms with E-state index in [0.29, 0.717) is 29.1 Å². The van der Waals surface area contributed by atoms with E-state index in [2.05, 4.69) is 36.9 Å². The van der Waals surface area contributed by atoms with Crippen LogP contribution >= 0.6 is 15.9 Å². The van der Waals surface area contributed by atoms with E-state index in [4.69, 9.17) is 20.9 Å². The molecule has 0 aliphatic carbocycles. The van der Waals surface area contributed by atoms with Gasteiger partial charge in [0.1, 0.15) is 0 Å². The Kier molecular flexibility index (Phi) is 5.57. The maximum absolute atomic E-state index is 10.9. The first kappa shape index (κ1) is 16.8. The highest BCUT2D eigenvalue weighted by atomic mass is 79.9. The highest BCUT2D eigenvalue weighted by molar-refractivity contribution is 9.10. The highest BCUT2D eigenvalue weighted by Crippen LogP contribution is 2.37. The lowest BCUT2D eigenvalue weighted by atomic mass is 10.2. The summed E-state index contributed by atoms with van der Waals surface area (Å²) in [7, 11) is 0. The first-order chi connectivity index (χ1) is 11.0. The summed E-state index contributed by atoms with van der Waals surface area (Å²) in [5.74, 6) is 0.482.